The van der Waals surface area contributed by atoms with Crippen molar-refractivity contribution in [2.45, 2.75) is 13.0 Å². The molecule has 1 amide bonds. The molecule has 1 N–H and O–H groups in total. The predicted molar refractivity (Wildman–Crippen MR) is 126 cm³/mol. The first-order chi connectivity index (χ1) is 16.0. The maximum Gasteiger partial charge on any atom is 0.301 e. The molecular formula is C25H19N3O4S. The van der Waals surface area contributed by atoms with Crippen molar-refractivity contribution in [2.75, 3.05) is 12.0 Å². The molecule has 33 heavy (non-hydrogen) atoms. The second-order valence-electron chi connectivity index (χ2n) is 7.57. The minimum Gasteiger partial charge on any atom is -0.507 e. The molecule has 0 spiro atoms. The summed E-state index contributed by atoms with van der Waals surface area (Å²) in [7, 11) is 1.55. The standard InChI is InChI=1S/C25H19N3O4S/c1-14-26-27-25(33-14)28-21(19-9-5-7-15-6-3-4-8-18(15)19)20(23(30)24(28)31)22(29)16-10-12-17(32-2)13-11-16/h3-13,21,29H,1-2H3/b22-20+. The Morgan fingerprint density at radius 3 is 2.42 bits per heavy atom. The van der Waals surface area contributed by atoms with Crippen LogP contribution in [-0.4, -0.2) is 34.1 Å². The maximum absolute atomic E-state index is 13.3. The van der Waals surface area contributed by atoms with Crippen molar-refractivity contribution in [1.29, 1.82) is 0 Å². The van der Waals surface area contributed by atoms with Gasteiger partial charge < -0.3 is 9.84 Å². The molecule has 8 heteroatoms. The molecule has 0 saturated carbocycles. The Hall–Kier alpha value is -4.04. The monoisotopic (exact) mass is 457 g/mol. The van der Waals surface area contributed by atoms with Crippen LogP contribution in [0.2, 0.25) is 0 Å². The zero-order valence-corrected chi connectivity index (χ0v) is 18.7. The van der Waals surface area contributed by atoms with Gasteiger partial charge in [0, 0.05) is 5.56 Å². The normalized spacial score (nSPS) is 17.6. The molecular weight excluding hydrogens is 438 g/mol. The summed E-state index contributed by atoms with van der Waals surface area (Å²) in [6.45, 7) is 1.78. The van der Waals surface area contributed by atoms with Crippen molar-refractivity contribution in [1.82, 2.24) is 10.2 Å². The molecule has 2 heterocycles. The number of methoxy groups -OCH3 is 1. The molecule has 4 aromatic rings. The molecule has 3 aromatic carbocycles. The number of carbonyl (C=O) groups is 2. The third kappa shape index (κ3) is 3.44. The smallest absolute Gasteiger partial charge is 0.301 e. The van der Waals surface area contributed by atoms with Crippen molar-refractivity contribution in [2.24, 2.45) is 0 Å². The van der Waals surface area contributed by atoms with Crippen molar-refractivity contribution in [3.05, 3.63) is 88.4 Å². The average molecular weight is 458 g/mol. The van der Waals surface area contributed by atoms with Gasteiger partial charge in [-0.15, -0.1) is 10.2 Å². The molecule has 1 fully saturated rings. The van der Waals surface area contributed by atoms with Gasteiger partial charge in [-0.1, -0.05) is 53.8 Å². The van der Waals surface area contributed by atoms with Crippen LogP contribution in [0, 0.1) is 6.92 Å². The van der Waals surface area contributed by atoms with E-state index in [-0.39, 0.29) is 11.3 Å². The van der Waals surface area contributed by atoms with E-state index in [1.165, 1.54) is 16.2 Å². The van der Waals surface area contributed by atoms with Crippen molar-refractivity contribution < 1.29 is 19.4 Å². The Bertz CT molecular complexity index is 1420. The van der Waals surface area contributed by atoms with Gasteiger partial charge >= 0.3 is 5.91 Å². The van der Waals surface area contributed by atoms with Crippen LogP contribution in [0.1, 0.15) is 22.2 Å². The first-order valence-electron chi connectivity index (χ1n) is 10.2. The molecule has 1 saturated heterocycles. The fourth-order valence-electron chi connectivity index (χ4n) is 4.10. The van der Waals surface area contributed by atoms with Crippen LogP contribution in [0.15, 0.2) is 72.3 Å². The van der Waals surface area contributed by atoms with Gasteiger partial charge in [-0.2, -0.15) is 0 Å². The van der Waals surface area contributed by atoms with Gasteiger partial charge in [0.25, 0.3) is 5.78 Å². The first kappa shape index (κ1) is 20.8. The summed E-state index contributed by atoms with van der Waals surface area (Å²) in [6, 6.07) is 19.2. The number of nitrogens with zero attached hydrogens (tertiary/aromatic N) is 3. The third-order valence-corrected chi connectivity index (χ3v) is 6.49. The van der Waals surface area contributed by atoms with Crippen LogP contribution in [0.4, 0.5) is 5.13 Å². The van der Waals surface area contributed by atoms with E-state index in [1.807, 2.05) is 42.5 Å². The SMILES string of the molecule is COc1ccc(/C(O)=C2\C(=O)C(=O)N(c3nnc(C)s3)C2c2cccc3ccccc23)cc1. The number of hydrogen-bond acceptors (Lipinski definition) is 7. The summed E-state index contributed by atoms with van der Waals surface area (Å²) in [5, 5.41) is 22.2. The Morgan fingerprint density at radius 2 is 1.73 bits per heavy atom. The highest BCUT2D eigenvalue weighted by Crippen LogP contribution is 2.44. The Kier molecular flexibility index (Phi) is 5.14. The quantitative estimate of drug-likeness (QED) is 0.273. The first-order valence-corrected chi connectivity index (χ1v) is 11.0. The number of rotatable bonds is 4. The maximum atomic E-state index is 13.3. The van der Waals surface area contributed by atoms with Gasteiger partial charge in [0.1, 0.15) is 16.5 Å². The zero-order chi connectivity index (χ0) is 23.1. The van der Waals surface area contributed by atoms with Gasteiger partial charge in [0.15, 0.2) is 0 Å². The highest BCUT2D eigenvalue weighted by Gasteiger charge is 2.48. The second-order valence-corrected chi connectivity index (χ2v) is 8.73. The number of hydrogen-bond donors (Lipinski definition) is 1. The number of benzene rings is 3. The van der Waals surface area contributed by atoms with E-state index in [1.54, 1.807) is 38.3 Å². The van der Waals surface area contributed by atoms with Gasteiger partial charge in [-0.25, -0.2) is 0 Å². The van der Waals surface area contributed by atoms with Gasteiger partial charge in [-0.05, 0) is 47.5 Å². The number of aromatic nitrogens is 2. The van der Waals surface area contributed by atoms with E-state index in [0.717, 1.165) is 16.3 Å². The van der Waals surface area contributed by atoms with E-state index in [0.29, 0.717) is 21.5 Å². The summed E-state index contributed by atoms with van der Waals surface area (Å²) >= 11 is 1.22. The van der Waals surface area contributed by atoms with Crippen LogP contribution in [0.5, 0.6) is 5.75 Å². The lowest BCUT2D eigenvalue weighted by Crippen LogP contribution is -2.29. The molecule has 0 radical (unpaired) electrons. The average Bonchev–Trinajstić information content (AvgIpc) is 3.38. The van der Waals surface area contributed by atoms with Crippen LogP contribution in [-0.2, 0) is 9.59 Å². The van der Waals surface area contributed by atoms with E-state index >= 15 is 0 Å². The molecule has 1 unspecified atom stereocenters. The summed E-state index contributed by atoms with van der Waals surface area (Å²) in [6.07, 6.45) is 0. The number of aryl methyl sites for hydroxylation is 1. The minimum absolute atomic E-state index is 0.00868. The number of carbonyl (C=O) groups excluding carboxylic acids is 2. The molecule has 0 aliphatic carbocycles. The lowest BCUT2D eigenvalue weighted by molar-refractivity contribution is -0.132. The van der Waals surface area contributed by atoms with Gasteiger partial charge in [-0.3, -0.25) is 14.5 Å². The topological polar surface area (TPSA) is 92.6 Å². The van der Waals surface area contributed by atoms with E-state index in [2.05, 4.69) is 10.2 Å². The summed E-state index contributed by atoms with van der Waals surface area (Å²) < 4.78 is 5.19. The van der Waals surface area contributed by atoms with E-state index < -0.39 is 17.7 Å². The number of ether oxygens (including phenoxy) is 1. The number of aliphatic hydroxyl groups excluding tert-OH is 1. The molecule has 164 valence electrons. The molecule has 1 atom stereocenters. The fraction of sp³-hybridized carbons (Fsp3) is 0.120. The van der Waals surface area contributed by atoms with Crippen molar-refractivity contribution >= 4 is 44.7 Å². The Labute approximate surface area is 193 Å². The number of amides is 1. The molecule has 5 rings (SSSR count). The molecule has 1 aromatic heterocycles. The zero-order valence-electron chi connectivity index (χ0n) is 17.9. The minimum atomic E-state index is -0.856. The number of Topliss-reactive ketones (excluding diaryl/α,β-unsaturated/α-hetero) is 1. The van der Waals surface area contributed by atoms with Crippen molar-refractivity contribution in [3.8, 4) is 5.75 Å². The summed E-state index contributed by atoms with van der Waals surface area (Å²) in [4.78, 5) is 27.8. The van der Waals surface area contributed by atoms with Crippen LogP contribution in [0.25, 0.3) is 16.5 Å². The predicted octanol–water partition coefficient (Wildman–Crippen LogP) is 4.63. The van der Waals surface area contributed by atoms with E-state index in [4.69, 9.17) is 4.74 Å². The van der Waals surface area contributed by atoms with Crippen molar-refractivity contribution in [3.63, 3.8) is 0 Å². The molecule has 1 aliphatic heterocycles. The molecule has 7 nitrogen and oxygen atoms in total. The molecule has 0 bridgehead atoms. The van der Waals surface area contributed by atoms with Gasteiger partial charge in [0.2, 0.25) is 5.13 Å². The van der Waals surface area contributed by atoms with Crippen LogP contribution < -0.4 is 9.64 Å². The largest absolute Gasteiger partial charge is 0.507 e. The fourth-order valence-corrected chi connectivity index (χ4v) is 4.82. The third-order valence-electron chi connectivity index (χ3n) is 5.65. The highest BCUT2D eigenvalue weighted by atomic mass is 32.1. The lowest BCUT2D eigenvalue weighted by atomic mass is 9.92. The lowest BCUT2D eigenvalue weighted by Gasteiger charge is -2.24. The van der Waals surface area contributed by atoms with Crippen LogP contribution >= 0.6 is 11.3 Å². The number of aliphatic hydroxyl groups is 1. The Balaban J connectivity index is 1.78. The number of fused-ring (bicyclic) bond motifs is 1. The summed E-state index contributed by atoms with van der Waals surface area (Å²) in [5.74, 6) is -1.16. The van der Waals surface area contributed by atoms with Gasteiger partial charge in [0.05, 0.1) is 18.7 Å². The second kappa shape index (κ2) is 8.14. The summed E-state index contributed by atoms with van der Waals surface area (Å²) in [5.41, 5.74) is 1.14. The number of ketones is 1. The van der Waals surface area contributed by atoms with E-state index in [9.17, 15) is 14.7 Å². The molecule has 1 aliphatic rings. The number of anilines is 1. The van der Waals surface area contributed by atoms with Crippen LogP contribution in [0.3, 0.4) is 0 Å². The highest BCUT2D eigenvalue weighted by molar-refractivity contribution is 7.15. The Morgan fingerprint density at radius 1 is 1.00 bits per heavy atom.